The van der Waals surface area contributed by atoms with Gasteiger partial charge in [0.15, 0.2) is 0 Å². The second-order valence-corrected chi connectivity index (χ2v) is 5.46. The minimum atomic E-state index is 0.661. The third-order valence-electron chi connectivity index (χ3n) is 3.55. The van der Waals surface area contributed by atoms with Crippen molar-refractivity contribution in [2.24, 2.45) is 5.92 Å². The average molecular weight is 274 g/mol. The van der Waals surface area contributed by atoms with Gasteiger partial charge in [0.2, 0.25) is 0 Å². The molecular weight excluding hydrogens is 234 g/mol. The van der Waals surface area contributed by atoms with Crippen LogP contribution in [0.2, 0.25) is 0 Å². The van der Waals surface area contributed by atoms with E-state index < -0.39 is 0 Å². The number of nitrogens with one attached hydrogen (secondary N) is 1. The maximum absolute atomic E-state index is 3.22. The molecule has 0 amide bonds. The largest absolute Gasteiger partial charge is 0.318 e. The smallest absolute Gasteiger partial charge is 0.0107 e. The van der Waals surface area contributed by atoms with E-state index in [0.29, 0.717) is 6.04 Å². The Morgan fingerprint density at radius 1 is 1.05 bits per heavy atom. The molecule has 118 valence electrons. The first-order chi connectivity index (χ1) is 9.01. The van der Waals surface area contributed by atoms with Crippen molar-refractivity contribution in [3.8, 4) is 0 Å². The van der Waals surface area contributed by atoms with E-state index in [0.717, 1.165) is 25.6 Å². The van der Waals surface area contributed by atoms with Gasteiger partial charge in [0, 0.05) is 25.7 Å². The number of likely N-dealkylation sites (N-methyl/N-ethyl adjacent to an activating group) is 2. The molecule has 3 heteroatoms. The van der Waals surface area contributed by atoms with Crippen LogP contribution < -0.4 is 5.32 Å². The second kappa shape index (κ2) is 14.3. The van der Waals surface area contributed by atoms with Crippen LogP contribution in [0.25, 0.3) is 0 Å². The van der Waals surface area contributed by atoms with Crippen molar-refractivity contribution >= 4 is 0 Å². The fourth-order valence-corrected chi connectivity index (χ4v) is 1.86. The summed E-state index contributed by atoms with van der Waals surface area (Å²) in [6.45, 7) is 19.0. The highest BCUT2D eigenvalue weighted by molar-refractivity contribution is 4.65. The Bertz CT molecular complexity index is 171. The molecule has 0 saturated carbocycles. The van der Waals surface area contributed by atoms with Crippen molar-refractivity contribution in [3.05, 3.63) is 0 Å². The van der Waals surface area contributed by atoms with E-state index >= 15 is 0 Å². The van der Waals surface area contributed by atoms with Gasteiger partial charge in [-0.25, -0.2) is 0 Å². The van der Waals surface area contributed by atoms with Crippen LogP contribution in [-0.2, 0) is 0 Å². The highest BCUT2D eigenvalue weighted by Crippen LogP contribution is 2.07. The molecule has 0 heterocycles. The summed E-state index contributed by atoms with van der Waals surface area (Å²) in [5.74, 6) is 0.785. The summed E-state index contributed by atoms with van der Waals surface area (Å²) in [5.41, 5.74) is 0. The van der Waals surface area contributed by atoms with Gasteiger partial charge in [-0.15, -0.1) is 0 Å². The van der Waals surface area contributed by atoms with Crippen molar-refractivity contribution < 1.29 is 0 Å². The van der Waals surface area contributed by atoms with Gasteiger partial charge in [-0.2, -0.15) is 0 Å². The Kier molecular flexibility index (Phi) is 15.9. The Balaban J connectivity index is 0. The first-order valence-corrected chi connectivity index (χ1v) is 8.08. The van der Waals surface area contributed by atoms with Gasteiger partial charge in [-0.3, -0.25) is 0 Å². The van der Waals surface area contributed by atoms with Crippen LogP contribution in [0, 0.1) is 5.92 Å². The molecule has 19 heavy (non-hydrogen) atoms. The minimum Gasteiger partial charge on any atom is -0.318 e. The fraction of sp³-hybridized carbons (Fsp3) is 1.00. The van der Waals surface area contributed by atoms with E-state index in [1.807, 2.05) is 20.9 Å². The molecule has 1 unspecified atom stereocenters. The fourth-order valence-electron chi connectivity index (χ4n) is 1.86. The summed E-state index contributed by atoms with van der Waals surface area (Å²) in [5, 5.41) is 3.22. The maximum atomic E-state index is 3.22. The number of rotatable bonds is 10. The number of hydrogen-bond acceptors (Lipinski definition) is 3. The topological polar surface area (TPSA) is 18.5 Å². The van der Waals surface area contributed by atoms with Crippen LogP contribution in [0.1, 0.15) is 48.0 Å². The number of nitrogens with zero attached hydrogens (tertiary/aromatic N) is 2. The van der Waals surface area contributed by atoms with E-state index in [9.17, 15) is 0 Å². The van der Waals surface area contributed by atoms with Gasteiger partial charge >= 0.3 is 0 Å². The molecule has 0 aromatic carbocycles. The second-order valence-electron chi connectivity index (χ2n) is 5.46. The lowest BCUT2D eigenvalue weighted by molar-refractivity contribution is 0.212. The van der Waals surface area contributed by atoms with E-state index in [1.165, 1.54) is 19.5 Å². The lowest BCUT2D eigenvalue weighted by atomic mass is 10.1. The van der Waals surface area contributed by atoms with Crippen molar-refractivity contribution in [3.63, 3.8) is 0 Å². The Labute approximate surface area is 122 Å². The molecule has 0 rings (SSSR count). The van der Waals surface area contributed by atoms with Gasteiger partial charge < -0.3 is 15.1 Å². The lowest BCUT2D eigenvalue weighted by Gasteiger charge is -2.27. The van der Waals surface area contributed by atoms with Crippen LogP contribution in [0.5, 0.6) is 0 Å². The zero-order chi connectivity index (χ0) is 15.3. The molecule has 0 aromatic rings. The highest BCUT2D eigenvalue weighted by atomic mass is 15.1. The minimum absolute atomic E-state index is 0.661. The molecular formula is C16H39N3. The molecule has 1 N–H and O–H groups in total. The molecule has 0 saturated heterocycles. The van der Waals surface area contributed by atoms with E-state index in [2.05, 4.69) is 49.9 Å². The molecule has 0 aliphatic carbocycles. The van der Waals surface area contributed by atoms with Gasteiger partial charge in [-0.05, 0) is 53.4 Å². The number of hydrogen-bond donors (Lipinski definition) is 1. The summed E-state index contributed by atoms with van der Waals surface area (Å²) in [6.07, 6.45) is 1.30. The van der Waals surface area contributed by atoms with Crippen LogP contribution in [0.4, 0.5) is 0 Å². The first kappa shape index (κ1) is 21.2. The summed E-state index contributed by atoms with van der Waals surface area (Å²) in [7, 11) is 4.24. The van der Waals surface area contributed by atoms with Crippen LogP contribution >= 0.6 is 0 Å². The van der Waals surface area contributed by atoms with Gasteiger partial charge in [0.05, 0.1) is 0 Å². The maximum Gasteiger partial charge on any atom is 0.0107 e. The monoisotopic (exact) mass is 273 g/mol. The third kappa shape index (κ3) is 12.6. The Morgan fingerprint density at radius 3 is 2.05 bits per heavy atom. The zero-order valence-corrected chi connectivity index (χ0v) is 14.8. The molecule has 0 aromatic heterocycles. The molecule has 3 nitrogen and oxygen atoms in total. The van der Waals surface area contributed by atoms with Crippen molar-refractivity contribution in [1.29, 1.82) is 0 Å². The molecule has 1 atom stereocenters. The average Bonchev–Trinajstić information content (AvgIpc) is 2.42. The lowest BCUT2D eigenvalue weighted by Crippen LogP contribution is -2.35. The van der Waals surface area contributed by atoms with Gasteiger partial charge in [0.1, 0.15) is 0 Å². The quantitative estimate of drug-likeness (QED) is 0.660. The zero-order valence-electron chi connectivity index (χ0n) is 14.8. The third-order valence-corrected chi connectivity index (χ3v) is 3.55. The Hall–Kier alpha value is -0.120. The van der Waals surface area contributed by atoms with Gasteiger partial charge in [0.25, 0.3) is 0 Å². The van der Waals surface area contributed by atoms with Crippen LogP contribution in [0.15, 0.2) is 0 Å². The summed E-state index contributed by atoms with van der Waals surface area (Å²) in [4.78, 5) is 4.97. The molecule has 0 spiro atoms. The Morgan fingerprint density at radius 2 is 1.63 bits per heavy atom. The summed E-state index contributed by atoms with van der Waals surface area (Å²) >= 11 is 0. The predicted octanol–water partition coefficient (Wildman–Crippen LogP) is 2.92. The van der Waals surface area contributed by atoms with E-state index in [1.54, 1.807) is 0 Å². The van der Waals surface area contributed by atoms with E-state index in [4.69, 9.17) is 0 Å². The van der Waals surface area contributed by atoms with Crippen LogP contribution in [0.3, 0.4) is 0 Å². The van der Waals surface area contributed by atoms with E-state index in [-0.39, 0.29) is 0 Å². The molecule has 0 aliphatic rings. The summed E-state index contributed by atoms with van der Waals surface area (Å²) < 4.78 is 0. The molecule has 0 aliphatic heterocycles. The normalized spacial score (nSPS) is 12.8. The SMILES string of the molecule is CC.CCN(CCNC)CC(C)CCN(C)C(C)C. The highest BCUT2D eigenvalue weighted by Gasteiger charge is 2.10. The molecule has 0 radical (unpaired) electrons. The standard InChI is InChI=1S/C14H33N3.C2H6/c1-7-17(11-9-15-5)12-14(4)8-10-16(6)13(2)3;1-2/h13-15H,7-12H2,1-6H3;1-2H3. The molecule has 0 bridgehead atoms. The summed E-state index contributed by atoms with van der Waals surface area (Å²) in [6, 6.07) is 0.661. The van der Waals surface area contributed by atoms with Crippen molar-refractivity contribution in [2.75, 3.05) is 46.8 Å². The van der Waals surface area contributed by atoms with Crippen molar-refractivity contribution in [2.45, 2.75) is 54.0 Å². The van der Waals surface area contributed by atoms with Gasteiger partial charge in [-0.1, -0.05) is 27.7 Å². The van der Waals surface area contributed by atoms with Crippen LogP contribution in [-0.4, -0.2) is 62.7 Å². The van der Waals surface area contributed by atoms with Crippen molar-refractivity contribution in [1.82, 2.24) is 15.1 Å². The first-order valence-electron chi connectivity index (χ1n) is 8.08. The predicted molar refractivity (Wildman–Crippen MR) is 88.9 cm³/mol. The molecule has 0 fully saturated rings.